The van der Waals surface area contributed by atoms with Gasteiger partial charge in [-0.1, -0.05) is 0 Å². The van der Waals surface area contributed by atoms with Crippen molar-refractivity contribution in [2.75, 3.05) is 0 Å². The van der Waals surface area contributed by atoms with Gasteiger partial charge in [0.15, 0.2) is 0 Å². The van der Waals surface area contributed by atoms with Crippen LogP contribution in [0.15, 0.2) is 0 Å². The molecule has 0 aromatic heterocycles. The highest BCUT2D eigenvalue weighted by atomic mass is 16.7. The summed E-state index contributed by atoms with van der Waals surface area (Å²) in [6.07, 6.45) is 2.85. The second-order valence-electron chi connectivity index (χ2n) is 7.82. The average Bonchev–Trinajstić information content (AvgIpc) is 2.79. The third-order valence-corrected chi connectivity index (χ3v) is 4.71. The maximum atomic E-state index is 12.1. The van der Waals surface area contributed by atoms with E-state index in [9.17, 15) is 9.59 Å². The Labute approximate surface area is 113 Å². The molecule has 1 spiro atoms. The summed E-state index contributed by atoms with van der Waals surface area (Å²) in [7, 11) is 0. The monoisotopic (exact) mass is 266 g/mol. The van der Waals surface area contributed by atoms with Crippen LogP contribution in [0.4, 0.5) is 4.79 Å². The molecule has 0 radical (unpaired) electrons. The molecule has 0 saturated heterocycles. The molecule has 19 heavy (non-hydrogen) atoms. The van der Waals surface area contributed by atoms with Crippen LogP contribution >= 0.6 is 0 Å². The van der Waals surface area contributed by atoms with E-state index in [4.69, 9.17) is 9.47 Å². The van der Waals surface area contributed by atoms with Gasteiger partial charge in [0.1, 0.15) is 17.0 Å². The largest absolute Gasteiger partial charge is 0.509 e. The van der Waals surface area contributed by atoms with E-state index in [1.165, 1.54) is 0 Å². The van der Waals surface area contributed by atoms with Crippen molar-refractivity contribution in [1.82, 2.24) is 0 Å². The summed E-state index contributed by atoms with van der Waals surface area (Å²) < 4.78 is 10.8. The van der Waals surface area contributed by atoms with Gasteiger partial charge >= 0.3 is 6.16 Å². The number of rotatable bonds is 1. The van der Waals surface area contributed by atoms with E-state index in [1.807, 2.05) is 27.7 Å². The molecular weight excluding hydrogens is 244 g/mol. The van der Waals surface area contributed by atoms with Crippen LogP contribution in [0.2, 0.25) is 0 Å². The van der Waals surface area contributed by atoms with Crippen LogP contribution in [0.5, 0.6) is 0 Å². The minimum absolute atomic E-state index is 0.0972. The maximum absolute atomic E-state index is 12.1. The first kappa shape index (κ1) is 12.9. The third kappa shape index (κ3) is 2.15. The molecule has 3 rings (SSSR count). The Morgan fingerprint density at radius 3 is 2.53 bits per heavy atom. The summed E-state index contributed by atoms with van der Waals surface area (Å²) in [5.74, 6) is 0.748. The topological polar surface area (TPSA) is 52.6 Å². The SMILES string of the molecule is CC(C)(C)OC(=O)OC1(C)CC2CC3(CC3C2=O)C1. The lowest BCUT2D eigenvalue weighted by Gasteiger charge is -2.38. The molecule has 4 nitrogen and oxygen atoms in total. The second kappa shape index (κ2) is 3.53. The van der Waals surface area contributed by atoms with Crippen LogP contribution < -0.4 is 0 Å². The Kier molecular flexibility index (Phi) is 2.40. The molecule has 4 heteroatoms. The number of hydrogen-bond donors (Lipinski definition) is 0. The predicted molar refractivity (Wildman–Crippen MR) is 68.6 cm³/mol. The molecule has 3 aliphatic carbocycles. The molecule has 2 bridgehead atoms. The smallest absolute Gasteiger partial charge is 0.429 e. The van der Waals surface area contributed by atoms with Gasteiger partial charge in [0.05, 0.1) is 0 Å². The van der Waals surface area contributed by atoms with Crippen molar-refractivity contribution in [1.29, 1.82) is 0 Å². The number of carbonyl (C=O) groups excluding carboxylic acids is 2. The minimum atomic E-state index is -0.614. The molecule has 0 heterocycles. The first-order chi connectivity index (χ1) is 8.63. The first-order valence-electron chi connectivity index (χ1n) is 7.08. The lowest BCUT2D eigenvalue weighted by atomic mass is 9.74. The Balaban J connectivity index is 1.68. The summed E-state index contributed by atoms with van der Waals surface area (Å²) in [4.78, 5) is 23.9. The van der Waals surface area contributed by atoms with Crippen molar-refractivity contribution in [3.8, 4) is 0 Å². The molecule has 4 atom stereocenters. The van der Waals surface area contributed by atoms with Gasteiger partial charge in [-0.3, -0.25) is 4.79 Å². The average molecular weight is 266 g/mol. The quantitative estimate of drug-likeness (QED) is 0.684. The maximum Gasteiger partial charge on any atom is 0.509 e. The summed E-state index contributed by atoms with van der Waals surface area (Å²) in [6.45, 7) is 7.40. The van der Waals surface area contributed by atoms with Gasteiger partial charge in [0.25, 0.3) is 0 Å². The van der Waals surface area contributed by atoms with Crippen molar-refractivity contribution in [3.63, 3.8) is 0 Å². The highest BCUT2D eigenvalue weighted by Gasteiger charge is 2.70. The molecule has 0 aromatic carbocycles. The fourth-order valence-corrected chi connectivity index (χ4v) is 4.18. The number of fused-ring (bicyclic) bond motifs is 1. The van der Waals surface area contributed by atoms with E-state index < -0.39 is 17.4 Å². The van der Waals surface area contributed by atoms with Gasteiger partial charge in [0, 0.05) is 11.8 Å². The zero-order valence-electron chi connectivity index (χ0n) is 12.1. The summed E-state index contributed by atoms with van der Waals surface area (Å²) in [5.41, 5.74) is -0.930. The lowest BCUT2D eigenvalue weighted by molar-refractivity contribution is -0.126. The van der Waals surface area contributed by atoms with Gasteiger partial charge in [0.2, 0.25) is 0 Å². The van der Waals surface area contributed by atoms with Crippen LogP contribution in [0.3, 0.4) is 0 Å². The van der Waals surface area contributed by atoms with E-state index in [0.717, 1.165) is 19.3 Å². The lowest BCUT2D eigenvalue weighted by Crippen LogP contribution is -2.41. The van der Waals surface area contributed by atoms with Gasteiger partial charge in [-0.2, -0.15) is 0 Å². The minimum Gasteiger partial charge on any atom is -0.429 e. The number of hydrogen-bond acceptors (Lipinski definition) is 4. The predicted octanol–water partition coefficient (Wildman–Crippen LogP) is 3.09. The van der Waals surface area contributed by atoms with E-state index in [2.05, 4.69) is 0 Å². The second-order valence-corrected chi connectivity index (χ2v) is 7.82. The van der Waals surface area contributed by atoms with Crippen LogP contribution in [-0.4, -0.2) is 23.1 Å². The van der Waals surface area contributed by atoms with E-state index in [-0.39, 0.29) is 17.3 Å². The van der Waals surface area contributed by atoms with Gasteiger partial charge in [-0.05, 0) is 58.8 Å². The number of ether oxygens (including phenoxy) is 2. The first-order valence-corrected chi connectivity index (χ1v) is 7.08. The van der Waals surface area contributed by atoms with Gasteiger partial charge in [-0.25, -0.2) is 4.79 Å². The zero-order chi connectivity index (χ0) is 14.1. The van der Waals surface area contributed by atoms with E-state index in [0.29, 0.717) is 12.2 Å². The highest BCUT2D eigenvalue weighted by molar-refractivity contribution is 5.90. The Morgan fingerprint density at radius 1 is 1.26 bits per heavy atom. The fraction of sp³-hybridized carbons (Fsp3) is 0.867. The van der Waals surface area contributed by atoms with Crippen molar-refractivity contribution < 1.29 is 19.1 Å². The summed E-state index contributed by atoms with van der Waals surface area (Å²) in [5, 5.41) is 0. The summed E-state index contributed by atoms with van der Waals surface area (Å²) in [6, 6.07) is 0. The van der Waals surface area contributed by atoms with E-state index in [1.54, 1.807) is 0 Å². The van der Waals surface area contributed by atoms with Gasteiger partial charge < -0.3 is 9.47 Å². The number of ketones is 1. The molecule has 0 aromatic rings. The van der Waals surface area contributed by atoms with E-state index >= 15 is 0 Å². The van der Waals surface area contributed by atoms with Crippen LogP contribution in [0, 0.1) is 17.3 Å². The number of Topliss-reactive ketones (excluding diaryl/α,β-unsaturated/α-hetero) is 1. The Hall–Kier alpha value is -1.06. The molecule has 106 valence electrons. The summed E-state index contributed by atoms with van der Waals surface area (Å²) >= 11 is 0. The fourth-order valence-electron chi connectivity index (χ4n) is 4.18. The Bertz CT molecular complexity index is 450. The third-order valence-electron chi connectivity index (χ3n) is 4.71. The van der Waals surface area contributed by atoms with Crippen molar-refractivity contribution >= 4 is 11.9 Å². The molecular formula is C15H22O4. The molecule has 0 aliphatic heterocycles. The molecule has 0 amide bonds. The van der Waals surface area contributed by atoms with Crippen molar-refractivity contribution in [3.05, 3.63) is 0 Å². The highest BCUT2D eigenvalue weighted by Crippen LogP contribution is 2.71. The zero-order valence-corrected chi connectivity index (χ0v) is 12.1. The van der Waals surface area contributed by atoms with Crippen molar-refractivity contribution in [2.45, 2.75) is 64.6 Å². The Morgan fingerprint density at radius 2 is 1.95 bits per heavy atom. The standard InChI is InChI=1S/C15H22O4/c1-13(2,3)18-12(17)19-14(4)5-9-6-15(8-14)7-10(15)11(9)16/h9-10H,5-8H2,1-4H3. The van der Waals surface area contributed by atoms with Crippen LogP contribution in [0.1, 0.15) is 53.4 Å². The molecule has 0 N–H and O–H groups in total. The molecule has 3 fully saturated rings. The number of carbonyl (C=O) groups is 2. The molecule has 3 aliphatic rings. The molecule has 3 saturated carbocycles. The normalized spacial score (nSPS) is 43.7. The van der Waals surface area contributed by atoms with Crippen LogP contribution in [0.25, 0.3) is 0 Å². The van der Waals surface area contributed by atoms with Gasteiger partial charge in [-0.15, -0.1) is 0 Å². The van der Waals surface area contributed by atoms with Crippen LogP contribution in [-0.2, 0) is 14.3 Å². The molecule has 4 unspecified atom stereocenters. The van der Waals surface area contributed by atoms with Crippen molar-refractivity contribution in [2.24, 2.45) is 17.3 Å².